The molecule has 0 saturated carbocycles. The molecule has 0 aliphatic carbocycles. The van der Waals surface area contributed by atoms with Gasteiger partial charge in [-0.3, -0.25) is 25.2 Å². The lowest BCUT2D eigenvalue weighted by Gasteiger charge is -2.09. The molecule has 2 aromatic carbocycles. The second-order valence-corrected chi connectivity index (χ2v) is 6.48. The molecule has 24 heavy (non-hydrogen) atoms. The van der Waals surface area contributed by atoms with Crippen LogP contribution < -0.4 is 16.2 Å². The molecule has 0 spiro atoms. The zero-order valence-electron chi connectivity index (χ0n) is 13.5. The zero-order chi connectivity index (χ0) is 17.5. The van der Waals surface area contributed by atoms with Crippen molar-refractivity contribution in [1.82, 2.24) is 16.2 Å². The summed E-state index contributed by atoms with van der Waals surface area (Å²) in [6.45, 7) is 3.48. The SMILES string of the molecule is CC(C)NC(=O)C(=O)NNC(=O)CSc1ccc2ccccc2c1. The summed E-state index contributed by atoms with van der Waals surface area (Å²) in [7, 11) is 0. The number of amides is 3. The summed E-state index contributed by atoms with van der Waals surface area (Å²) in [6, 6.07) is 13.7. The highest BCUT2D eigenvalue weighted by Gasteiger charge is 2.14. The fraction of sp³-hybridized carbons (Fsp3) is 0.235. The van der Waals surface area contributed by atoms with Crippen molar-refractivity contribution in [2.24, 2.45) is 0 Å². The first kappa shape index (κ1) is 17.8. The van der Waals surface area contributed by atoms with Gasteiger partial charge in [0.1, 0.15) is 0 Å². The van der Waals surface area contributed by atoms with Gasteiger partial charge in [0, 0.05) is 10.9 Å². The standard InChI is InChI=1S/C17H19N3O3S/c1-11(2)18-16(22)17(23)20-19-15(21)10-24-14-8-7-12-5-3-4-6-13(12)9-14/h3-9,11H,10H2,1-2H3,(H,18,22)(H,19,21)(H,20,23). The van der Waals surface area contributed by atoms with Gasteiger partial charge >= 0.3 is 11.8 Å². The highest BCUT2D eigenvalue weighted by Crippen LogP contribution is 2.23. The van der Waals surface area contributed by atoms with Gasteiger partial charge in [0.05, 0.1) is 5.75 Å². The third kappa shape index (κ3) is 5.27. The van der Waals surface area contributed by atoms with Crippen LogP contribution in [0.2, 0.25) is 0 Å². The summed E-state index contributed by atoms with van der Waals surface area (Å²) >= 11 is 1.35. The van der Waals surface area contributed by atoms with Crippen LogP contribution in [0.1, 0.15) is 13.8 Å². The molecule has 6 nitrogen and oxygen atoms in total. The van der Waals surface area contributed by atoms with Crippen LogP contribution in [-0.2, 0) is 14.4 Å². The fourth-order valence-corrected chi connectivity index (χ4v) is 2.70. The Morgan fingerprint density at radius 2 is 1.67 bits per heavy atom. The molecule has 0 bridgehead atoms. The van der Waals surface area contributed by atoms with Crippen molar-refractivity contribution >= 4 is 40.3 Å². The lowest BCUT2D eigenvalue weighted by atomic mass is 10.1. The molecular weight excluding hydrogens is 326 g/mol. The number of nitrogens with one attached hydrogen (secondary N) is 3. The van der Waals surface area contributed by atoms with Crippen molar-refractivity contribution in [2.45, 2.75) is 24.8 Å². The first-order chi connectivity index (χ1) is 11.5. The van der Waals surface area contributed by atoms with Gasteiger partial charge in [0.2, 0.25) is 5.91 Å². The lowest BCUT2D eigenvalue weighted by molar-refractivity contribution is -0.141. The van der Waals surface area contributed by atoms with E-state index in [2.05, 4.69) is 16.2 Å². The topological polar surface area (TPSA) is 87.3 Å². The Bertz CT molecular complexity index is 762. The molecule has 3 N–H and O–H groups in total. The number of fused-ring (bicyclic) bond motifs is 1. The number of hydrogen-bond acceptors (Lipinski definition) is 4. The van der Waals surface area contributed by atoms with E-state index in [-0.39, 0.29) is 17.7 Å². The Labute approximate surface area is 144 Å². The average molecular weight is 345 g/mol. The number of rotatable bonds is 4. The first-order valence-corrected chi connectivity index (χ1v) is 8.45. The number of thioether (sulfide) groups is 1. The van der Waals surface area contributed by atoms with Gasteiger partial charge in [-0.2, -0.15) is 0 Å². The molecule has 0 unspecified atom stereocenters. The Hall–Kier alpha value is -2.54. The Morgan fingerprint density at radius 3 is 2.38 bits per heavy atom. The minimum absolute atomic E-state index is 0.129. The van der Waals surface area contributed by atoms with Crippen molar-refractivity contribution in [3.8, 4) is 0 Å². The minimum atomic E-state index is -0.896. The van der Waals surface area contributed by atoms with Crippen molar-refractivity contribution < 1.29 is 14.4 Å². The van der Waals surface area contributed by atoms with Gasteiger partial charge in [-0.25, -0.2) is 0 Å². The summed E-state index contributed by atoms with van der Waals surface area (Å²) in [6.07, 6.45) is 0. The smallest absolute Gasteiger partial charge is 0.327 e. The number of benzene rings is 2. The van der Waals surface area contributed by atoms with Gasteiger partial charge in [0.15, 0.2) is 0 Å². The van der Waals surface area contributed by atoms with Crippen LogP contribution in [-0.4, -0.2) is 29.5 Å². The highest BCUT2D eigenvalue weighted by molar-refractivity contribution is 8.00. The second kappa shape index (κ2) is 8.35. The van der Waals surface area contributed by atoms with Gasteiger partial charge in [-0.15, -0.1) is 11.8 Å². The van der Waals surface area contributed by atoms with Gasteiger partial charge in [0.25, 0.3) is 0 Å². The molecule has 3 amide bonds. The van der Waals surface area contributed by atoms with E-state index in [4.69, 9.17) is 0 Å². The molecule has 2 rings (SSSR count). The summed E-state index contributed by atoms with van der Waals surface area (Å²) in [5.41, 5.74) is 4.31. The average Bonchev–Trinajstić information content (AvgIpc) is 2.57. The molecule has 0 aliphatic rings. The predicted molar refractivity (Wildman–Crippen MR) is 94.2 cm³/mol. The fourth-order valence-electron chi connectivity index (χ4n) is 1.95. The molecule has 0 heterocycles. The third-order valence-corrected chi connectivity index (χ3v) is 4.03. The van der Waals surface area contributed by atoms with Crippen molar-refractivity contribution in [3.05, 3.63) is 42.5 Å². The van der Waals surface area contributed by atoms with Crippen molar-refractivity contribution in [2.75, 3.05) is 5.75 Å². The van der Waals surface area contributed by atoms with E-state index in [1.165, 1.54) is 11.8 Å². The lowest BCUT2D eigenvalue weighted by Crippen LogP contribution is -2.50. The molecule has 2 aromatic rings. The molecule has 0 aliphatic heterocycles. The molecule has 126 valence electrons. The second-order valence-electron chi connectivity index (χ2n) is 5.43. The maximum atomic E-state index is 11.8. The molecule has 0 fully saturated rings. The van der Waals surface area contributed by atoms with E-state index >= 15 is 0 Å². The third-order valence-electron chi connectivity index (χ3n) is 3.03. The minimum Gasteiger partial charge on any atom is -0.346 e. The van der Waals surface area contributed by atoms with Crippen molar-refractivity contribution in [3.63, 3.8) is 0 Å². The molecule has 0 atom stereocenters. The Balaban J connectivity index is 1.80. The highest BCUT2D eigenvalue weighted by atomic mass is 32.2. The number of hydrogen-bond donors (Lipinski definition) is 3. The number of carbonyl (C=O) groups excluding carboxylic acids is 3. The monoisotopic (exact) mass is 345 g/mol. The van der Waals surface area contributed by atoms with Crippen LogP contribution in [0.25, 0.3) is 10.8 Å². The maximum absolute atomic E-state index is 11.8. The summed E-state index contributed by atoms with van der Waals surface area (Å²) < 4.78 is 0. The largest absolute Gasteiger partial charge is 0.346 e. The van der Waals surface area contributed by atoms with E-state index in [1.807, 2.05) is 42.5 Å². The van der Waals surface area contributed by atoms with E-state index in [9.17, 15) is 14.4 Å². The molecule has 0 saturated heterocycles. The van der Waals surface area contributed by atoms with E-state index < -0.39 is 11.8 Å². The number of hydrazine groups is 1. The number of carbonyl (C=O) groups is 3. The summed E-state index contributed by atoms with van der Waals surface area (Å²) in [5, 5.41) is 4.67. The summed E-state index contributed by atoms with van der Waals surface area (Å²) in [5.74, 6) is -1.94. The summed E-state index contributed by atoms with van der Waals surface area (Å²) in [4.78, 5) is 35.6. The molecule has 0 aromatic heterocycles. The van der Waals surface area contributed by atoms with Gasteiger partial charge in [-0.1, -0.05) is 30.3 Å². The Morgan fingerprint density at radius 1 is 0.958 bits per heavy atom. The normalized spacial score (nSPS) is 10.5. The van der Waals surface area contributed by atoms with Crippen LogP contribution in [0.15, 0.2) is 47.4 Å². The predicted octanol–water partition coefficient (Wildman–Crippen LogP) is 1.60. The van der Waals surface area contributed by atoms with Crippen LogP contribution >= 0.6 is 11.8 Å². The van der Waals surface area contributed by atoms with E-state index in [0.717, 1.165) is 15.7 Å². The van der Waals surface area contributed by atoms with Crippen LogP contribution in [0.3, 0.4) is 0 Å². The van der Waals surface area contributed by atoms with Gasteiger partial charge in [-0.05, 0) is 36.8 Å². The molecule has 7 heteroatoms. The first-order valence-electron chi connectivity index (χ1n) is 7.47. The maximum Gasteiger partial charge on any atom is 0.327 e. The van der Waals surface area contributed by atoms with E-state index in [0.29, 0.717) is 0 Å². The van der Waals surface area contributed by atoms with Gasteiger partial charge < -0.3 is 5.32 Å². The van der Waals surface area contributed by atoms with Crippen LogP contribution in [0.4, 0.5) is 0 Å². The zero-order valence-corrected chi connectivity index (χ0v) is 14.3. The van der Waals surface area contributed by atoms with Crippen LogP contribution in [0, 0.1) is 0 Å². The Kier molecular flexibility index (Phi) is 6.20. The quantitative estimate of drug-likeness (QED) is 0.446. The van der Waals surface area contributed by atoms with Crippen LogP contribution in [0.5, 0.6) is 0 Å². The molecule has 0 radical (unpaired) electrons. The molecular formula is C17H19N3O3S. The van der Waals surface area contributed by atoms with E-state index in [1.54, 1.807) is 13.8 Å². The van der Waals surface area contributed by atoms with Crippen molar-refractivity contribution in [1.29, 1.82) is 0 Å².